The van der Waals surface area contributed by atoms with E-state index in [1.807, 2.05) is 6.26 Å². The van der Waals surface area contributed by atoms with E-state index in [1.54, 1.807) is 36.0 Å². The first-order valence-electron chi connectivity index (χ1n) is 5.95. The van der Waals surface area contributed by atoms with Crippen LogP contribution in [0.25, 0.3) is 0 Å². The molecule has 6 nitrogen and oxygen atoms in total. The van der Waals surface area contributed by atoms with Crippen LogP contribution in [0.5, 0.6) is 0 Å². The number of rotatable bonds is 7. The molecular formula is C12H19N3O3S2. The van der Waals surface area contributed by atoms with Gasteiger partial charge in [-0.25, -0.2) is 8.42 Å². The molecule has 0 aliphatic heterocycles. The summed E-state index contributed by atoms with van der Waals surface area (Å²) in [5.74, 6) is 0.458. The average molecular weight is 317 g/mol. The molecule has 0 aromatic heterocycles. The molecule has 8 heteroatoms. The van der Waals surface area contributed by atoms with E-state index < -0.39 is 16.1 Å². The van der Waals surface area contributed by atoms with Crippen molar-refractivity contribution in [2.75, 3.05) is 28.3 Å². The minimum absolute atomic E-state index is 0.320. The molecule has 0 spiro atoms. The molecule has 1 aromatic rings. The van der Waals surface area contributed by atoms with E-state index in [-0.39, 0.29) is 5.91 Å². The summed E-state index contributed by atoms with van der Waals surface area (Å²) in [5.41, 5.74) is 6.48. The Labute approximate surface area is 123 Å². The van der Waals surface area contributed by atoms with Crippen molar-refractivity contribution in [3.05, 3.63) is 24.3 Å². The Morgan fingerprint density at radius 1 is 1.35 bits per heavy atom. The van der Waals surface area contributed by atoms with Crippen LogP contribution in [0.4, 0.5) is 11.4 Å². The molecule has 1 amide bonds. The van der Waals surface area contributed by atoms with Crippen LogP contribution in [-0.2, 0) is 14.8 Å². The zero-order valence-corrected chi connectivity index (χ0v) is 13.1. The maximum absolute atomic E-state index is 11.9. The zero-order chi connectivity index (χ0) is 15.2. The Morgan fingerprint density at radius 2 is 1.95 bits per heavy atom. The van der Waals surface area contributed by atoms with Gasteiger partial charge < -0.3 is 11.1 Å². The fraction of sp³-hybridized carbons (Fsp3) is 0.417. The highest BCUT2D eigenvalue weighted by atomic mass is 32.2. The van der Waals surface area contributed by atoms with Crippen molar-refractivity contribution < 1.29 is 13.2 Å². The van der Waals surface area contributed by atoms with Crippen LogP contribution < -0.4 is 15.8 Å². The molecule has 0 heterocycles. The standard InChI is InChI=1S/C12H19N3O3S2/c1-19-8-7-9(13)12(16)14-10-5-3-4-6-11(10)15-20(2,17)18/h3-6,9,15H,7-8,13H2,1-2H3,(H,14,16)/t9-/m0/s1. The van der Waals surface area contributed by atoms with E-state index in [1.165, 1.54) is 0 Å². The first kappa shape index (κ1) is 16.8. The molecule has 112 valence electrons. The highest BCUT2D eigenvalue weighted by Crippen LogP contribution is 2.22. The molecule has 0 bridgehead atoms. The Morgan fingerprint density at radius 3 is 2.50 bits per heavy atom. The van der Waals surface area contributed by atoms with Gasteiger partial charge in [0, 0.05) is 0 Å². The smallest absolute Gasteiger partial charge is 0.241 e. The summed E-state index contributed by atoms with van der Waals surface area (Å²) in [7, 11) is -3.41. The third-order valence-electron chi connectivity index (χ3n) is 2.45. The number of sulfonamides is 1. The maximum Gasteiger partial charge on any atom is 0.241 e. The SMILES string of the molecule is CSCC[C@H](N)C(=O)Nc1ccccc1NS(C)(=O)=O. The van der Waals surface area contributed by atoms with Crippen molar-refractivity contribution in [3.63, 3.8) is 0 Å². The highest BCUT2D eigenvalue weighted by Gasteiger charge is 2.15. The predicted molar refractivity (Wildman–Crippen MR) is 84.5 cm³/mol. The molecule has 0 fully saturated rings. The number of nitrogens with two attached hydrogens (primary N) is 1. The highest BCUT2D eigenvalue weighted by molar-refractivity contribution is 7.98. The number of carbonyl (C=O) groups is 1. The first-order valence-corrected chi connectivity index (χ1v) is 9.24. The minimum Gasteiger partial charge on any atom is -0.323 e. The summed E-state index contributed by atoms with van der Waals surface area (Å²) in [4.78, 5) is 11.9. The molecule has 4 N–H and O–H groups in total. The summed E-state index contributed by atoms with van der Waals surface area (Å²) in [6, 6.07) is 5.96. The first-order chi connectivity index (χ1) is 9.33. The number of anilines is 2. The van der Waals surface area contributed by atoms with Gasteiger partial charge in [0.1, 0.15) is 0 Å². The van der Waals surface area contributed by atoms with Gasteiger partial charge in [0.15, 0.2) is 0 Å². The molecule has 1 aromatic carbocycles. The van der Waals surface area contributed by atoms with Gasteiger partial charge in [0.25, 0.3) is 0 Å². The molecular weight excluding hydrogens is 298 g/mol. The van der Waals surface area contributed by atoms with Gasteiger partial charge in [0.2, 0.25) is 15.9 Å². The fourth-order valence-electron chi connectivity index (χ4n) is 1.48. The number of benzene rings is 1. The zero-order valence-electron chi connectivity index (χ0n) is 11.4. The number of carbonyl (C=O) groups excluding carboxylic acids is 1. The van der Waals surface area contributed by atoms with E-state index in [0.29, 0.717) is 17.8 Å². The average Bonchev–Trinajstić information content (AvgIpc) is 2.36. The third-order valence-corrected chi connectivity index (χ3v) is 3.68. The summed E-state index contributed by atoms with van der Waals surface area (Å²) in [6.45, 7) is 0. The molecule has 20 heavy (non-hydrogen) atoms. The van der Waals surface area contributed by atoms with E-state index in [9.17, 15) is 13.2 Å². The van der Waals surface area contributed by atoms with Crippen LogP contribution in [-0.4, -0.2) is 38.6 Å². The number of nitrogens with one attached hydrogen (secondary N) is 2. The van der Waals surface area contributed by atoms with E-state index >= 15 is 0 Å². The van der Waals surface area contributed by atoms with Crippen molar-refractivity contribution in [1.82, 2.24) is 0 Å². The van der Waals surface area contributed by atoms with Gasteiger partial charge in [0.05, 0.1) is 23.7 Å². The molecule has 1 rings (SSSR count). The second kappa shape index (κ2) is 7.51. The van der Waals surface area contributed by atoms with Gasteiger partial charge in [-0.3, -0.25) is 9.52 Å². The van der Waals surface area contributed by atoms with Gasteiger partial charge >= 0.3 is 0 Å². The van der Waals surface area contributed by atoms with Crippen LogP contribution >= 0.6 is 11.8 Å². The van der Waals surface area contributed by atoms with E-state index in [2.05, 4.69) is 10.0 Å². The number of para-hydroxylation sites is 2. The van der Waals surface area contributed by atoms with Crippen molar-refractivity contribution in [3.8, 4) is 0 Å². The van der Waals surface area contributed by atoms with Crippen molar-refractivity contribution in [1.29, 1.82) is 0 Å². The predicted octanol–water partition coefficient (Wildman–Crippen LogP) is 1.08. The number of amides is 1. The lowest BCUT2D eigenvalue weighted by Crippen LogP contribution is -2.36. The van der Waals surface area contributed by atoms with E-state index in [0.717, 1.165) is 12.0 Å². The molecule has 1 atom stereocenters. The Hall–Kier alpha value is -1.25. The number of hydrogen-bond donors (Lipinski definition) is 3. The summed E-state index contributed by atoms with van der Waals surface area (Å²) >= 11 is 1.61. The van der Waals surface area contributed by atoms with Crippen molar-refractivity contribution >= 4 is 39.1 Å². The number of thioether (sulfide) groups is 1. The quantitative estimate of drug-likeness (QED) is 0.698. The Kier molecular flexibility index (Phi) is 6.31. The minimum atomic E-state index is -3.41. The van der Waals surface area contributed by atoms with E-state index in [4.69, 9.17) is 5.73 Å². The lowest BCUT2D eigenvalue weighted by molar-refractivity contribution is -0.117. The fourth-order valence-corrected chi connectivity index (χ4v) is 2.55. The maximum atomic E-state index is 11.9. The molecule has 0 aliphatic carbocycles. The third kappa shape index (κ3) is 5.81. The molecule has 0 unspecified atom stereocenters. The van der Waals surface area contributed by atoms with Crippen LogP contribution in [0.15, 0.2) is 24.3 Å². The van der Waals surface area contributed by atoms with Crippen LogP contribution in [0.1, 0.15) is 6.42 Å². The molecule has 0 saturated heterocycles. The molecule has 0 aliphatic rings. The summed E-state index contributed by atoms with van der Waals surface area (Å²) in [6.07, 6.45) is 3.56. The summed E-state index contributed by atoms with van der Waals surface area (Å²) < 4.78 is 24.9. The van der Waals surface area contributed by atoms with Gasteiger partial charge in [-0.2, -0.15) is 11.8 Å². The lowest BCUT2D eigenvalue weighted by atomic mass is 10.2. The second-order valence-corrected chi connectivity index (χ2v) is 7.03. The van der Waals surface area contributed by atoms with Crippen LogP contribution in [0.2, 0.25) is 0 Å². The lowest BCUT2D eigenvalue weighted by Gasteiger charge is -2.15. The monoisotopic (exact) mass is 317 g/mol. The number of hydrogen-bond acceptors (Lipinski definition) is 5. The Bertz CT molecular complexity index is 561. The van der Waals surface area contributed by atoms with Gasteiger partial charge in [-0.05, 0) is 30.6 Å². The second-order valence-electron chi connectivity index (χ2n) is 4.30. The van der Waals surface area contributed by atoms with Crippen molar-refractivity contribution in [2.45, 2.75) is 12.5 Å². The topological polar surface area (TPSA) is 101 Å². The van der Waals surface area contributed by atoms with Crippen molar-refractivity contribution in [2.24, 2.45) is 5.73 Å². The van der Waals surface area contributed by atoms with Gasteiger partial charge in [-0.1, -0.05) is 12.1 Å². The van der Waals surface area contributed by atoms with Gasteiger partial charge in [-0.15, -0.1) is 0 Å². The molecule has 0 radical (unpaired) electrons. The summed E-state index contributed by atoms with van der Waals surface area (Å²) in [5, 5.41) is 2.64. The Balaban J connectivity index is 2.79. The normalized spacial score (nSPS) is 12.8. The van der Waals surface area contributed by atoms with Crippen LogP contribution in [0, 0.1) is 0 Å². The largest absolute Gasteiger partial charge is 0.323 e. The molecule has 0 saturated carbocycles. The van der Waals surface area contributed by atoms with Crippen LogP contribution in [0.3, 0.4) is 0 Å².